The summed E-state index contributed by atoms with van der Waals surface area (Å²) in [6.07, 6.45) is 0.491. The minimum Gasteiger partial charge on any atom is -0.507 e. The highest BCUT2D eigenvalue weighted by Crippen LogP contribution is 2.40. The maximum atomic E-state index is 13.0. The van der Waals surface area contributed by atoms with E-state index in [1.165, 1.54) is 23.1 Å². The van der Waals surface area contributed by atoms with Crippen LogP contribution in [0.1, 0.15) is 37.4 Å². The summed E-state index contributed by atoms with van der Waals surface area (Å²) >= 11 is 3.32. The number of carbonyl (C=O) groups is 2. The van der Waals surface area contributed by atoms with Crippen LogP contribution < -0.4 is 0 Å². The molecule has 0 spiro atoms. The molecule has 0 unspecified atom stereocenters. The molecule has 1 saturated heterocycles. The molecule has 1 N–H and O–H groups in total. The summed E-state index contributed by atoms with van der Waals surface area (Å²) in [5.74, 6) is -1.91. The molecule has 1 heterocycles. The van der Waals surface area contributed by atoms with Crippen LogP contribution in [0.15, 0.2) is 58.6 Å². The lowest BCUT2D eigenvalue weighted by Gasteiger charge is -2.25. The van der Waals surface area contributed by atoms with Crippen molar-refractivity contribution in [1.82, 2.24) is 4.90 Å². The Morgan fingerprint density at radius 3 is 2.53 bits per heavy atom. The number of likely N-dealkylation sites (tertiary alicyclic amines) is 1. The number of carbonyl (C=O) groups excluding carboxylic acids is 2. The number of ether oxygens (including phenoxy) is 1. The average Bonchev–Trinajstić information content (AvgIpc) is 3.01. The second-order valence-corrected chi connectivity index (χ2v) is 8.54. The molecule has 1 aliphatic rings. The average molecular weight is 503 g/mol. The molecule has 1 atom stereocenters. The van der Waals surface area contributed by atoms with E-state index < -0.39 is 22.7 Å². The van der Waals surface area contributed by atoms with Gasteiger partial charge in [0.15, 0.2) is 0 Å². The van der Waals surface area contributed by atoms with Crippen LogP contribution >= 0.6 is 15.9 Å². The normalized spacial score (nSPS) is 17.9. The molecule has 8 nitrogen and oxygen atoms in total. The predicted molar refractivity (Wildman–Crippen MR) is 122 cm³/mol. The van der Waals surface area contributed by atoms with Crippen molar-refractivity contribution in [3.8, 4) is 0 Å². The molecular weight excluding hydrogens is 480 g/mol. The first kappa shape index (κ1) is 23.6. The lowest BCUT2D eigenvalue weighted by atomic mass is 9.95. The highest BCUT2D eigenvalue weighted by atomic mass is 79.9. The van der Waals surface area contributed by atoms with Gasteiger partial charge in [0.25, 0.3) is 17.4 Å². The topological polar surface area (TPSA) is 110 Å². The molecule has 32 heavy (non-hydrogen) atoms. The quantitative estimate of drug-likeness (QED) is 0.141. The van der Waals surface area contributed by atoms with E-state index >= 15 is 0 Å². The summed E-state index contributed by atoms with van der Waals surface area (Å²) in [5.41, 5.74) is 0.481. The second-order valence-electron chi connectivity index (χ2n) is 7.62. The number of aliphatic hydroxyl groups is 1. The van der Waals surface area contributed by atoms with Gasteiger partial charge in [-0.1, -0.05) is 40.2 Å². The Bertz CT molecular complexity index is 1060. The van der Waals surface area contributed by atoms with E-state index in [0.29, 0.717) is 24.2 Å². The fraction of sp³-hybridized carbons (Fsp3) is 0.304. The smallest absolute Gasteiger partial charge is 0.295 e. The minimum absolute atomic E-state index is 0.0235. The standard InChI is InChI=1S/C23H23BrN2O6/c1-14(2)32-12-4-11-25-20(16-5-3-6-18(13-16)26(30)31)19(22(28)23(25)29)21(27)15-7-9-17(24)10-8-15/h3,5-10,13-14,20,27H,4,11-12H2,1-2H3/t20-/m0/s1. The van der Waals surface area contributed by atoms with E-state index in [4.69, 9.17) is 4.74 Å². The van der Waals surface area contributed by atoms with Crippen molar-refractivity contribution in [2.24, 2.45) is 0 Å². The van der Waals surface area contributed by atoms with E-state index in [1.807, 2.05) is 13.8 Å². The number of rotatable bonds is 8. The number of benzene rings is 2. The molecule has 0 bridgehead atoms. The second kappa shape index (κ2) is 10.1. The number of hydrogen-bond acceptors (Lipinski definition) is 6. The Morgan fingerprint density at radius 1 is 1.22 bits per heavy atom. The van der Waals surface area contributed by atoms with Gasteiger partial charge in [0.05, 0.1) is 22.6 Å². The van der Waals surface area contributed by atoms with E-state index in [9.17, 15) is 24.8 Å². The molecule has 0 aliphatic carbocycles. The van der Waals surface area contributed by atoms with Gasteiger partial charge in [-0.25, -0.2) is 0 Å². The Labute approximate surface area is 193 Å². The molecular formula is C23H23BrN2O6. The van der Waals surface area contributed by atoms with Gasteiger partial charge < -0.3 is 14.7 Å². The maximum Gasteiger partial charge on any atom is 0.295 e. The molecule has 168 valence electrons. The van der Waals surface area contributed by atoms with Crippen LogP contribution in [-0.4, -0.2) is 45.9 Å². The van der Waals surface area contributed by atoms with Crippen molar-refractivity contribution in [1.29, 1.82) is 0 Å². The largest absolute Gasteiger partial charge is 0.507 e. The number of hydrogen-bond donors (Lipinski definition) is 1. The first-order valence-electron chi connectivity index (χ1n) is 10.1. The number of aliphatic hydroxyl groups excluding tert-OH is 1. The predicted octanol–water partition coefficient (Wildman–Crippen LogP) is 4.59. The summed E-state index contributed by atoms with van der Waals surface area (Å²) in [6, 6.07) is 11.5. The van der Waals surface area contributed by atoms with E-state index in [1.54, 1.807) is 30.3 Å². The zero-order chi connectivity index (χ0) is 23.4. The summed E-state index contributed by atoms with van der Waals surface area (Å²) in [5, 5.41) is 22.3. The van der Waals surface area contributed by atoms with Gasteiger partial charge in [-0.2, -0.15) is 0 Å². The van der Waals surface area contributed by atoms with Crippen LogP contribution in [0.4, 0.5) is 5.69 Å². The SMILES string of the molecule is CC(C)OCCCN1C(=O)C(=O)C(=C(O)c2ccc(Br)cc2)[C@@H]1c1cccc([N+](=O)[O-])c1. The third kappa shape index (κ3) is 5.05. The van der Waals surface area contributed by atoms with Crippen LogP contribution in [0, 0.1) is 10.1 Å². The molecule has 9 heteroatoms. The summed E-state index contributed by atoms with van der Waals surface area (Å²) in [6.45, 7) is 4.37. The highest BCUT2D eigenvalue weighted by molar-refractivity contribution is 9.10. The summed E-state index contributed by atoms with van der Waals surface area (Å²) in [4.78, 5) is 37.9. The molecule has 1 fully saturated rings. The third-order valence-corrected chi connectivity index (χ3v) is 5.58. The van der Waals surface area contributed by atoms with Crippen LogP contribution in [0.3, 0.4) is 0 Å². The van der Waals surface area contributed by atoms with E-state index in [2.05, 4.69) is 15.9 Å². The number of halogens is 1. The van der Waals surface area contributed by atoms with Crippen LogP contribution in [0.5, 0.6) is 0 Å². The van der Waals surface area contributed by atoms with Crippen molar-refractivity contribution in [2.45, 2.75) is 32.4 Å². The first-order chi connectivity index (χ1) is 15.2. The number of nitrogens with zero attached hydrogens (tertiary/aromatic N) is 2. The molecule has 0 radical (unpaired) electrons. The van der Waals surface area contributed by atoms with Gasteiger partial charge >= 0.3 is 0 Å². The van der Waals surface area contributed by atoms with Gasteiger partial charge in [0.2, 0.25) is 0 Å². The first-order valence-corrected chi connectivity index (χ1v) is 10.9. The van der Waals surface area contributed by atoms with Crippen molar-refractivity contribution in [3.63, 3.8) is 0 Å². The monoisotopic (exact) mass is 502 g/mol. The van der Waals surface area contributed by atoms with Gasteiger partial charge in [-0.3, -0.25) is 19.7 Å². The molecule has 1 amide bonds. The lowest BCUT2D eigenvalue weighted by molar-refractivity contribution is -0.384. The van der Waals surface area contributed by atoms with E-state index in [0.717, 1.165) is 4.47 Å². The van der Waals surface area contributed by atoms with E-state index in [-0.39, 0.29) is 29.7 Å². The third-order valence-electron chi connectivity index (χ3n) is 5.05. The Kier molecular flexibility index (Phi) is 7.42. The molecule has 0 aromatic heterocycles. The molecule has 2 aromatic rings. The fourth-order valence-corrected chi connectivity index (χ4v) is 3.85. The fourth-order valence-electron chi connectivity index (χ4n) is 3.58. The van der Waals surface area contributed by atoms with Crippen molar-refractivity contribution in [2.75, 3.05) is 13.2 Å². The van der Waals surface area contributed by atoms with Gasteiger partial charge in [-0.15, -0.1) is 0 Å². The Morgan fingerprint density at radius 2 is 1.91 bits per heavy atom. The van der Waals surface area contributed by atoms with Gasteiger partial charge in [-0.05, 0) is 38.0 Å². The number of ketones is 1. The number of nitro groups is 1. The molecule has 0 saturated carbocycles. The number of non-ortho nitro benzene ring substituents is 1. The van der Waals surface area contributed by atoms with Crippen LogP contribution in [0.2, 0.25) is 0 Å². The summed E-state index contributed by atoms with van der Waals surface area (Å²) < 4.78 is 6.32. The number of Topliss-reactive ketones (excluding diaryl/α,β-unsaturated/α-hetero) is 1. The number of nitro benzene ring substituents is 1. The van der Waals surface area contributed by atoms with Crippen LogP contribution in [-0.2, 0) is 14.3 Å². The van der Waals surface area contributed by atoms with Crippen LogP contribution in [0.25, 0.3) is 5.76 Å². The Balaban J connectivity index is 2.07. The molecule has 3 rings (SSSR count). The van der Waals surface area contributed by atoms with Crippen molar-refractivity contribution >= 4 is 39.1 Å². The summed E-state index contributed by atoms with van der Waals surface area (Å²) in [7, 11) is 0. The lowest BCUT2D eigenvalue weighted by Crippen LogP contribution is -2.31. The van der Waals surface area contributed by atoms with Gasteiger partial charge in [0, 0.05) is 35.3 Å². The highest BCUT2D eigenvalue weighted by Gasteiger charge is 2.46. The minimum atomic E-state index is -0.947. The number of amides is 1. The van der Waals surface area contributed by atoms with Gasteiger partial charge in [0.1, 0.15) is 5.76 Å². The zero-order valence-corrected chi connectivity index (χ0v) is 19.2. The maximum absolute atomic E-state index is 13.0. The van der Waals surface area contributed by atoms with Crippen molar-refractivity contribution in [3.05, 3.63) is 79.8 Å². The Hall–Kier alpha value is -3.04. The molecule has 1 aliphatic heterocycles. The molecule has 2 aromatic carbocycles. The zero-order valence-electron chi connectivity index (χ0n) is 17.7. The van der Waals surface area contributed by atoms with Crippen molar-refractivity contribution < 1.29 is 24.4 Å².